The van der Waals surface area contributed by atoms with E-state index >= 15 is 0 Å². The molecule has 0 spiro atoms. The molecule has 0 aliphatic heterocycles. The van der Waals surface area contributed by atoms with Gasteiger partial charge in [0.1, 0.15) is 12.6 Å². The van der Waals surface area contributed by atoms with Gasteiger partial charge in [0.2, 0.25) is 5.91 Å². The number of carbonyl (C=O) groups is 4. The van der Waals surface area contributed by atoms with Gasteiger partial charge in [-0.3, -0.25) is 14.4 Å². The summed E-state index contributed by atoms with van der Waals surface area (Å²) in [4.78, 5) is 50.0. The Kier molecular flexibility index (Phi) is 10.9. The van der Waals surface area contributed by atoms with Crippen molar-refractivity contribution < 1.29 is 23.9 Å². The zero-order valence-electron chi connectivity index (χ0n) is 20.1. The average Bonchev–Trinajstić information content (AvgIpc) is 2.93. The number of rotatable bonds is 12. The Bertz CT molecular complexity index is 1200. The van der Waals surface area contributed by atoms with E-state index in [1.807, 2.05) is 30.3 Å². The molecule has 0 aliphatic carbocycles. The third kappa shape index (κ3) is 9.53. The molecule has 3 aromatic carbocycles. The maximum absolute atomic E-state index is 12.9. The minimum atomic E-state index is -0.905. The second kappa shape index (κ2) is 14.5. The van der Waals surface area contributed by atoms with Crippen molar-refractivity contribution in [1.29, 1.82) is 0 Å². The summed E-state index contributed by atoms with van der Waals surface area (Å²) in [5, 5.41) is 7.99. The summed E-state index contributed by atoms with van der Waals surface area (Å²) in [6.07, 6.45) is 0.0602. The minimum absolute atomic E-state index is 0.149. The molecule has 0 heterocycles. The highest BCUT2D eigenvalue weighted by molar-refractivity contribution is 9.10. The number of amides is 3. The van der Waals surface area contributed by atoms with Gasteiger partial charge in [-0.15, -0.1) is 0 Å². The number of halogens is 1. The molecule has 0 bridgehead atoms. The van der Waals surface area contributed by atoms with Crippen molar-refractivity contribution in [1.82, 2.24) is 16.0 Å². The Balaban J connectivity index is 1.52. The smallest absolute Gasteiger partial charge is 0.407 e. The largest absolute Gasteiger partial charge is 0.445 e. The lowest BCUT2D eigenvalue weighted by Crippen LogP contribution is -2.48. The Morgan fingerprint density at radius 2 is 1.49 bits per heavy atom. The number of carbonyl (C=O) groups excluding carboxylic acids is 4. The number of Topliss-reactive ketones (excluding diaryl/α,β-unsaturated/α-hetero) is 1. The lowest BCUT2D eigenvalue weighted by molar-refractivity contribution is -0.123. The lowest BCUT2D eigenvalue weighted by Gasteiger charge is -2.19. The molecule has 0 fully saturated rings. The Labute approximate surface area is 223 Å². The molecule has 0 aromatic heterocycles. The van der Waals surface area contributed by atoms with Gasteiger partial charge in [0, 0.05) is 22.1 Å². The van der Waals surface area contributed by atoms with Crippen LogP contribution in [0.4, 0.5) is 4.79 Å². The van der Waals surface area contributed by atoms with E-state index < -0.39 is 23.9 Å². The molecule has 9 heteroatoms. The summed E-state index contributed by atoms with van der Waals surface area (Å²) in [5.41, 5.74) is 1.74. The van der Waals surface area contributed by atoms with Crippen LogP contribution in [0.1, 0.15) is 39.1 Å². The van der Waals surface area contributed by atoms with E-state index in [4.69, 9.17) is 4.74 Å². The number of nitrogens with one attached hydrogen (secondary N) is 3. The first-order valence-electron chi connectivity index (χ1n) is 11.8. The quantitative estimate of drug-likeness (QED) is 0.224. The number of ether oxygens (including phenoxy) is 1. The van der Waals surface area contributed by atoms with Crippen LogP contribution < -0.4 is 16.0 Å². The van der Waals surface area contributed by atoms with Crippen LogP contribution in [-0.4, -0.2) is 42.8 Å². The summed E-state index contributed by atoms with van der Waals surface area (Å²) in [5.74, 6) is -1.15. The fraction of sp³-hybridized carbons (Fsp3) is 0.214. The standard InChI is InChI=1S/C28H28BrN3O5/c29-23-14-7-13-22(17-23)26(34)32-24(27(35)31-18-25(33)21-11-5-2-6-12-21)15-8-16-30-28(36)37-19-20-9-3-1-4-10-20/h1-7,9-14,17,24H,8,15-16,18-19H2,(H,30,36)(H,31,35)(H,32,34)/t24-/m0/s1. The van der Waals surface area contributed by atoms with E-state index in [1.165, 1.54) is 0 Å². The van der Waals surface area contributed by atoms with E-state index in [0.29, 0.717) is 17.5 Å². The summed E-state index contributed by atoms with van der Waals surface area (Å²) < 4.78 is 5.91. The average molecular weight is 566 g/mol. The highest BCUT2D eigenvalue weighted by Crippen LogP contribution is 2.12. The van der Waals surface area contributed by atoms with Gasteiger partial charge in [0.05, 0.1) is 6.54 Å². The van der Waals surface area contributed by atoms with E-state index in [0.717, 1.165) is 10.0 Å². The highest BCUT2D eigenvalue weighted by atomic mass is 79.9. The van der Waals surface area contributed by atoms with E-state index in [1.54, 1.807) is 54.6 Å². The van der Waals surface area contributed by atoms with Crippen molar-refractivity contribution in [3.63, 3.8) is 0 Å². The minimum Gasteiger partial charge on any atom is -0.445 e. The Hall–Kier alpha value is -3.98. The molecule has 1 atom stereocenters. The summed E-state index contributed by atoms with van der Waals surface area (Å²) in [7, 11) is 0. The van der Waals surface area contributed by atoms with Gasteiger partial charge in [-0.05, 0) is 36.6 Å². The molecule has 3 rings (SSSR count). The lowest BCUT2D eigenvalue weighted by atomic mass is 10.1. The normalized spacial score (nSPS) is 11.2. The Morgan fingerprint density at radius 3 is 2.19 bits per heavy atom. The Morgan fingerprint density at radius 1 is 0.811 bits per heavy atom. The monoisotopic (exact) mass is 565 g/mol. The first-order valence-corrected chi connectivity index (χ1v) is 12.6. The van der Waals surface area contributed by atoms with Crippen molar-refractivity contribution in [3.05, 3.63) is 106 Å². The number of hydrogen-bond donors (Lipinski definition) is 3. The van der Waals surface area contributed by atoms with Crippen LogP contribution >= 0.6 is 15.9 Å². The molecule has 0 radical (unpaired) electrons. The van der Waals surface area contributed by atoms with E-state index in [2.05, 4.69) is 31.9 Å². The third-order valence-electron chi connectivity index (χ3n) is 5.38. The molecule has 3 N–H and O–H groups in total. The van der Waals surface area contributed by atoms with Gasteiger partial charge < -0.3 is 20.7 Å². The predicted octanol–water partition coefficient (Wildman–Crippen LogP) is 4.25. The molecular formula is C28H28BrN3O5. The molecule has 0 unspecified atom stereocenters. The van der Waals surface area contributed by atoms with Crippen LogP contribution in [0.2, 0.25) is 0 Å². The number of alkyl carbamates (subject to hydrolysis) is 1. The van der Waals surface area contributed by atoms with Gasteiger partial charge in [0.25, 0.3) is 5.91 Å². The molecule has 0 aliphatic rings. The van der Waals surface area contributed by atoms with Crippen molar-refractivity contribution in [2.75, 3.05) is 13.1 Å². The van der Waals surface area contributed by atoms with Crippen LogP contribution in [0.3, 0.4) is 0 Å². The molecule has 0 saturated heterocycles. The van der Waals surface area contributed by atoms with Crippen LogP contribution in [0.25, 0.3) is 0 Å². The van der Waals surface area contributed by atoms with E-state index in [9.17, 15) is 19.2 Å². The molecule has 3 aromatic rings. The SMILES string of the molecule is O=C(NCCC[C@H](NC(=O)c1cccc(Br)c1)C(=O)NCC(=O)c1ccccc1)OCc1ccccc1. The maximum Gasteiger partial charge on any atom is 0.407 e. The topological polar surface area (TPSA) is 114 Å². The maximum atomic E-state index is 12.9. The highest BCUT2D eigenvalue weighted by Gasteiger charge is 2.22. The summed E-state index contributed by atoms with van der Waals surface area (Å²) in [6, 6.07) is 23.8. The van der Waals surface area contributed by atoms with Crippen molar-refractivity contribution in [2.24, 2.45) is 0 Å². The van der Waals surface area contributed by atoms with Crippen molar-refractivity contribution >= 4 is 39.6 Å². The molecule has 37 heavy (non-hydrogen) atoms. The first-order chi connectivity index (χ1) is 17.9. The number of ketones is 1. The van der Waals surface area contributed by atoms with Gasteiger partial charge in [-0.1, -0.05) is 82.7 Å². The summed E-state index contributed by atoms with van der Waals surface area (Å²) >= 11 is 3.33. The molecule has 0 saturated carbocycles. The van der Waals surface area contributed by atoms with Crippen molar-refractivity contribution in [2.45, 2.75) is 25.5 Å². The fourth-order valence-electron chi connectivity index (χ4n) is 3.43. The number of hydrogen-bond acceptors (Lipinski definition) is 5. The van der Waals surface area contributed by atoms with Gasteiger partial charge >= 0.3 is 6.09 Å². The number of benzene rings is 3. The second-order valence-corrected chi connectivity index (χ2v) is 9.09. The van der Waals surface area contributed by atoms with Gasteiger partial charge in [0.15, 0.2) is 5.78 Å². The zero-order valence-corrected chi connectivity index (χ0v) is 21.7. The van der Waals surface area contributed by atoms with Crippen molar-refractivity contribution in [3.8, 4) is 0 Å². The van der Waals surface area contributed by atoms with Crippen LogP contribution in [0.5, 0.6) is 0 Å². The predicted molar refractivity (Wildman–Crippen MR) is 143 cm³/mol. The zero-order chi connectivity index (χ0) is 26.5. The van der Waals surface area contributed by atoms with Gasteiger partial charge in [-0.2, -0.15) is 0 Å². The van der Waals surface area contributed by atoms with Crippen LogP contribution in [-0.2, 0) is 16.1 Å². The fourth-order valence-corrected chi connectivity index (χ4v) is 3.83. The van der Waals surface area contributed by atoms with Crippen LogP contribution in [0.15, 0.2) is 89.4 Å². The molecule has 3 amide bonds. The van der Waals surface area contributed by atoms with Crippen LogP contribution in [0, 0.1) is 0 Å². The third-order valence-corrected chi connectivity index (χ3v) is 5.87. The molecule has 8 nitrogen and oxygen atoms in total. The molecular weight excluding hydrogens is 538 g/mol. The summed E-state index contributed by atoms with van der Waals surface area (Å²) in [6.45, 7) is 0.194. The van der Waals surface area contributed by atoms with E-state index in [-0.39, 0.29) is 31.9 Å². The van der Waals surface area contributed by atoms with Gasteiger partial charge in [-0.25, -0.2) is 4.79 Å². The molecule has 192 valence electrons. The first kappa shape index (κ1) is 27.6. The second-order valence-electron chi connectivity index (χ2n) is 8.17.